The number of benzene rings is 1. The first kappa shape index (κ1) is 15.9. The van der Waals surface area contributed by atoms with Gasteiger partial charge in [-0.1, -0.05) is 19.1 Å². The largest absolute Gasteiger partial charge is 0.480 e. The second-order valence-corrected chi connectivity index (χ2v) is 4.54. The highest BCUT2D eigenvalue weighted by Gasteiger charge is 2.18. The van der Waals surface area contributed by atoms with E-state index in [1.165, 1.54) is 17.0 Å². The van der Waals surface area contributed by atoms with Gasteiger partial charge in [-0.25, -0.2) is 9.18 Å². The van der Waals surface area contributed by atoms with E-state index in [9.17, 15) is 14.0 Å². The summed E-state index contributed by atoms with van der Waals surface area (Å²) in [5, 5.41) is 11.5. The number of rotatable bonds is 6. The SMILES string of the molecule is CCCN(CC(=O)O)C(=O)NC(C)c1ccc(F)cc1. The highest BCUT2D eigenvalue weighted by atomic mass is 19.1. The van der Waals surface area contributed by atoms with Crippen molar-refractivity contribution in [2.45, 2.75) is 26.3 Å². The lowest BCUT2D eigenvalue weighted by Gasteiger charge is -2.23. The van der Waals surface area contributed by atoms with Crippen molar-refractivity contribution in [2.24, 2.45) is 0 Å². The molecule has 0 fully saturated rings. The smallest absolute Gasteiger partial charge is 0.323 e. The molecular weight excluding hydrogens is 263 g/mol. The van der Waals surface area contributed by atoms with Crippen molar-refractivity contribution in [1.82, 2.24) is 10.2 Å². The van der Waals surface area contributed by atoms with E-state index in [0.717, 1.165) is 5.56 Å². The van der Waals surface area contributed by atoms with Gasteiger partial charge in [0, 0.05) is 6.54 Å². The number of urea groups is 1. The Morgan fingerprint density at radius 1 is 1.35 bits per heavy atom. The van der Waals surface area contributed by atoms with Crippen molar-refractivity contribution in [1.29, 1.82) is 0 Å². The molecule has 0 spiro atoms. The molecule has 20 heavy (non-hydrogen) atoms. The minimum atomic E-state index is -1.05. The molecule has 0 heterocycles. The van der Waals surface area contributed by atoms with Crippen LogP contribution in [0.15, 0.2) is 24.3 Å². The average molecular weight is 282 g/mol. The van der Waals surface area contributed by atoms with Gasteiger partial charge in [-0.2, -0.15) is 0 Å². The first-order chi connectivity index (χ1) is 9.43. The zero-order valence-corrected chi connectivity index (χ0v) is 11.6. The van der Waals surface area contributed by atoms with Gasteiger partial charge < -0.3 is 15.3 Å². The molecule has 0 aromatic heterocycles. The van der Waals surface area contributed by atoms with Crippen LogP contribution in [0, 0.1) is 5.82 Å². The fourth-order valence-electron chi connectivity index (χ4n) is 1.80. The standard InChI is InChI=1S/C14H19FN2O3/c1-3-8-17(9-13(18)19)14(20)16-10(2)11-4-6-12(15)7-5-11/h4-7,10H,3,8-9H2,1-2H3,(H,16,20)(H,18,19). The summed E-state index contributed by atoms with van der Waals surface area (Å²) in [5.74, 6) is -1.39. The minimum absolute atomic E-state index is 0.323. The number of carbonyl (C=O) groups is 2. The van der Waals surface area contributed by atoms with Gasteiger partial charge in [0.15, 0.2) is 0 Å². The number of carbonyl (C=O) groups excluding carboxylic acids is 1. The third kappa shape index (κ3) is 4.87. The minimum Gasteiger partial charge on any atom is -0.480 e. The van der Waals surface area contributed by atoms with Crippen LogP contribution in [0.4, 0.5) is 9.18 Å². The van der Waals surface area contributed by atoms with E-state index in [1.54, 1.807) is 19.1 Å². The number of hydrogen-bond acceptors (Lipinski definition) is 2. The van der Waals surface area contributed by atoms with Crippen molar-refractivity contribution in [2.75, 3.05) is 13.1 Å². The number of hydrogen-bond donors (Lipinski definition) is 2. The normalized spacial score (nSPS) is 11.8. The zero-order chi connectivity index (χ0) is 15.1. The second-order valence-electron chi connectivity index (χ2n) is 4.54. The Balaban J connectivity index is 2.66. The number of carboxylic acid groups (broad SMARTS) is 1. The molecule has 1 aromatic rings. The molecule has 1 unspecified atom stereocenters. The van der Waals surface area contributed by atoms with Crippen molar-refractivity contribution < 1.29 is 19.1 Å². The number of aliphatic carboxylic acids is 1. The van der Waals surface area contributed by atoms with E-state index in [0.29, 0.717) is 13.0 Å². The fraction of sp³-hybridized carbons (Fsp3) is 0.429. The van der Waals surface area contributed by atoms with E-state index in [1.807, 2.05) is 6.92 Å². The van der Waals surface area contributed by atoms with Gasteiger partial charge in [0.25, 0.3) is 0 Å². The molecular formula is C14H19FN2O3. The molecule has 110 valence electrons. The Bertz CT molecular complexity index is 462. The second kappa shape index (κ2) is 7.47. The summed E-state index contributed by atoms with van der Waals surface area (Å²) in [4.78, 5) is 24.0. The van der Waals surface area contributed by atoms with Gasteiger partial charge in [-0.3, -0.25) is 4.79 Å². The summed E-state index contributed by atoms with van der Waals surface area (Å²) in [6, 6.07) is 5.05. The average Bonchev–Trinajstić information content (AvgIpc) is 2.38. The number of carboxylic acids is 1. The molecule has 0 aliphatic rings. The topological polar surface area (TPSA) is 69.6 Å². The van der Waals surface area contributed by atoms with E-state index >= 15 is 0 Å². The maximum atomic E-state index is 12.8. The lowest BCUT2D eigenvalue weighted by molar-refractivity contribution is -0.137. The van der Waals surface area contributed by atoms with Gasteiger partial charge in [0.1, 0.15) is 12.4 Å². The third-order valence-corrected chi connectivity index (χ3v) is 2.82. The molecule has 5 nitrogen and oxygen atoms in total. The van der Waals surface area contributed by atoms with Crippen LogP contribution in [0.5, 0.6) is 0 Å². The summed E-state index contributed by atoms with van der Waals surface area (Å²) >= 11 is 0. The Labute approximate surface area is 117 Å². The first-order valence-electron chi connectivity index (χ1n) is 6.46. The van der Waals surface area contributed by atoms with Gasteiger partial charge >= 0.3 is 12.0 Å². The Kier molecular flexibility index (Phi) is 5.96. The van der Waals surface area contributed by atoms with E-state index < -0.39 is 12.0 Å². The molecule has 0 bridgehead atoms. The van der Waals surface area contributed by atoms with Crippen LogP contribution in [0.1, 0.15) is 31.9 Å². The molecule has 0 aliphatic heterocycles. The van der Waals surface area contributed by atoms with Crippen LogP contribution in [0.25, 0.3) is 0 Å². The number of amides is 2. The van der Waals surface area contributed by atoms with Gasteiger partial charge in [0.05, 0.1) is 6.04 Å². The van der Waals surface area contributed by atoms with Crippen molar-refractivity contribution in [3.63, 3.8) is 0 Å². The molecule has 0 saturated carbocycles. The van der Waals surface area contributed by atoms with E-state index in [-0.39, 0.29) is 18.4 Å². The summed E-state index contributed by atoms with van der Waals surface area (Å²) in [5.41, 5.74) is 0.756. The quantitative estimate of drug-likeness (QED) is 0.841. The van der Waals surface area contributed by atoms with Crippen LogP contribution < -0.4 is 5.32 Å². The van der Waals surface area contributed by atoms with E-state index in [4.69, 9.17) is 5.11 Å². The Morgan fingerprint density at radius 3 is 2.45 bits per heavy atom. The Morgan fingerprint density at radius 2 is 1.95 bits per heavy atom. The van der Waals surface area contributed by atoms with Gasteiger partial charge in [-0.05, 0) is 31.0 Å². The number of nitrogens with zero attached hydrogens (tertiary/aromatic N) is 1. The summed E-state index contributed by atoms with van der Waals surface area (Å²) in [6.45, 7) is 3.66. The van der Waals surface area contributed by atoms with Gasteiger partial charge in [-0.15, -0.1) is 0 Å². The molecule has 0 saturated heterocycles. The van der Waals surface area contributed by atoms with Crippen LogP contribution in [-0.4, -0.2) is 35.1 Å². The first-order valence-corrected chi connectivity index (χ1v) is 6.46. The summed E-state index contributed by atoms with van der Waals surface area (Å²) in [6.07, 6.45) is 0.672. The number of halogens is 1. The molecule has 2 N–H and O–H groups in total. The lowest BCUT2D eigenvalue weighted by atomic mass is 10.1. The molecule has 1 aromatic carbocycles. The highest BCUT2D eigenvalue weighted by molar-refractivity contribution is 5.80. The molecule has 1 atom stereocenters. The molecule has 0 radical (unpaired) electrons. The summed E-state index contributed by atoms with van der Waals surface area (Å²) in [7, 11) is 0. The predicted molar refractivity (Wildman–Crippen MR) is 72.8 cm³/mol. The molecule has 6 heteroatoms. The van der Waals surface area contributed by atoms with Crippen LogP contribution >= 0.6 is 0 Å². The third-order valence-electron chi connectivity index (χ3n) is 2.82. The molecule has 2 amide bonds. The molecule has 0 aliphatic carbocycles. The van der Waals surface area contributed by atoms with Crippen LogP contribution in [0.2, 0.25) is 0 Å². The van der Waals surface area contributed by atoms with Crippen LogP contribution in [0.3, 0.4) is 0 Å². The van der Waals surface area contributed by atoms with Crippen molar-refractivity contribution >= 4 is 12.0 Å². The maximum Gasteiger partial charge on any atom is 0.323 e. The van der Waals surface area contributed by atoms with Crippen molar-refractivity contribution in [3.8, 4) is 0 Å². The lowest BCUT2D eigenvalue weighted by Crippen LogP contribution is -2.43. The van der Waals surface area contributed by atoms with Gasteiger partial charge in [0.2, 0.25) is 0 Å². The monoisotopic (exact) mass is 282 g/mol. The zero-order valence-electron chi connectivity index (χ0n) is 11.6. The Hall–Kier alpha value is -2.11. The summed E-state index contributed by atoms with van der Waals surface area (Å²) < 4.78 is 12.8. The predicted octanol–water partition coefficient (Wildman–Crippen LogP) is 2.39. The maximum absolute atomic E-state index is 12.8. The van der Waals surface area contributed by atoms with E-state index in [2.05, 4.69) is 5.32 Å². The fourth-order valence-corrected chi connectivity index (χ4v) is 1.80. The highest BCUT2D eigenvalue weighted by Crippen LogP contribution is 2.13. The molecule has 1 rings (SSSR count). The van der Waals surface area contributed by atoms with Crippen LogP contribution in [-0.2, 0) is 4.79 Å². The number of nitrogens with one attached hydrogen (secondary N) is 1. The van der Waals surface area contributed by atoms with Crippen molar-refractivity contribution in [3.05, 3.63) is 35.6 Å².